The van der Waals surface area contributed by atoms with E-state index in [2.05, 4.69) is 5.32 Å². The molecule has 0 unspecified atom stereocenters. The highest BCUT2D eigenvalue weighted by molar-refractivity contribution is 6.31. The summed E-state index contributed by atoms with van der Waals surface area (Å²) < 4.78 is 10.3. The van der Waals surface area contributed by atoms with Crippen molar-refractivity contribution in [1.29, 1.82) is 0 Å². The zero-order valence-corrected chi connectivity index (χ0v) is 12.6. The maximum Gasteiger partial charge on any atom is 0.374 e. The number of rotatable bonds is 5. The van der Waals surface area contributed by atoms with Crippen LogP contribution < -0.4 is 5.32 Å². The summed E-state index contributed by atoms with van der Waals surface area (Å²) in [6, 6.07) is 6.61. The van der Waals surface area contributed by atoms with Gasteiger partial charge in [-0.2, -0.15) is 0 Å². The number of hydrogen-bond donors (Lipinski definition) is 1. The number of fused-ring (bicyclic) bond motifs is 1. The Morgan fingerprint density at radius 3 is 2.86 bits per heavy atom. The van der Waals surface area contributed by atoms with E-state index in [1.54, 1.807) is 18.2 Å². The molecule has 1 aromatic heterocycles. The fourth-order valence-corrected chi connectivity index (χ4v) is 1.92. The number of amides is 1. The summed E-state index contributed by atoms with van der Waals surface area (Å²) in [4.78, 5) is 23.4. The molecule has 1 heterocycles. The van der Waals surface area contributed by atoms with E-state index >= 15 is 0 Å². The van der Waals surface area contributed by atoms with Crippen LogP contribution in [-0.4, -0.2) is 24.5 Å². The van der Waals surface area contributed by atoms with Crippen LogP contribution in [0.25, 0.3) is 11.0 Å². The van der Waals surface area contributed by atoms with Crippen LogP contribution in [0.1, 0.15) is 30.8 Å². The van der Waals surface area contributed by atoms with Crippen LogP contribution in [0.5, 0.6) is 0 Å². The molecule has 0 aliphatic rings. The molecule has 0 saturated carbocycles. The fraction of sp³-hybridized carbons (Fsp3) is 0.333. The maximum atomic E-state index is 11.8. The number of nitrogens with one attached hydrogen (secondary N) is 1. The number of benzene rings is 1. The molecule has 1 atom stereocenters. The zero-order chi connectivity index (χ0) is 15.4. The Labute approximate surface area is 127 Å². The van der Waals surface area contributed by atoms with Crippen molar-refractivity contribution in [2.75, 3.05) is 6.61 Å². The smallest absolute Gasteiger partial charge is 0.374 e. The minimum Gasteiger partial charge on any atom is -0.450 e. The van der Waals surface area contributed by atoms with Gasteiger partial charge in [0, 0.05) is 16.5 Å². The molecule has 112 valence electrons. The van der Waals surface area contributed by atoms with Gasteiger partial charge in [0.2, 0.25) is 5.76 Å². The summed E-state index contributed by atoms with van der Waals surface area (Å²) in [6.45, 7) is 3.50. The zero-order valence-electron chi connectivity index (χ0n) is 11.8. The van der Waals surface area contributed by atoms with E-state index in [9.17, 15) is 9.59 Å². The predicted molar refractivity (Wildman–Crippen MR) is 79.4 cm³/mol. The van der Waals surface area contributed by atoms with Crippen molar-refractivity contribution >= 4 is 34.4 Å². The minimum atomic E-state index is -0.679. The molecule has 1 aromatic carbocycles. The third-order valence-corrected chi connectivity index (χ3v) is 3.27. The molecular formula is C15H16ClNO4. The highest BCUT2D eigenvalue weighted by Gasteiger charge is 2.16. The van der Waals surface area contributed by atoms with E-state index in [4.69, 9.17) is 20.8 Å². The molecule has 1 N–H and O–H groups in total. The summed E-state index contributed by atoms with van der Waals surface area (Å²) >= 11 is 5.86. The van der Waals surface area contributed by atoms with Crippen molar-refractivity contribution in [2.45, 2.75) is 26.3 Å². The summed E-state index contributed by atoms with van der Waals surface area (Å²) in [7, 11) is 0. The summed E-state index contributed by atoms with van der Waals surface area (Å²) in [5.41, 5.74) is 0.537. The second-order valence-electron chi connectivity index (χ2n) is 4.75. The number of furan rings is 1. The van der Waals surface area contributed by atoms with Gasteiger partial charge >= 0.3 is 5.97 Å². The van der Waals surface area contributed by atoms with Crippen LogP contribution in [0.3, 0.4) is 0 Å². The summed E-state index contributed by atoms with van der Waals surface area (Å²) in [5.74, 6) is -0.970. The number of halogens is 1. The van der Waals surface area contributed by atoms with E-state index in [1.807, 2.05) is 13.8 Å². The molecule has 0 bridgehead atoms. The van der Waals surface area contributed by atoms with Gasteiger partial charge in [0.15, 0.2) is 6.61 Å². The number of carbonyl (C=O) groups is 2. The molecule has 0 saturated heterocycles. The van der Waals surface area contributed by atoms with Crippen molar-refractivity contribution < 1.29 is 18.7 Å². The first-order chi connectivity index (χ1) is 9.99. The summed E-state index contributed by atoms with van der Waals surface area (Å²) in [6.07, 6.45) is 0.810. The molecule has 0 radical (unpaired) electrons. The number of hydrogen-bond acceptors (Lipinski definition) is 4. The Morgan fingerprint density at radius 2 is 2.14 bits per heavy atom. The predicted octanol–water partition coefficient (Wildman–Crippen LogP) is 3.16. The van der Waals surface area contributed by atoms with E-state index < -0.39 is 5.97 Å². The van der Waals surface area contributed by atoms with Crippen LogP contribution in [-0.2, 0) is 9.53 Å². The molecule has 6 heteroatoms. The molecule has 0 spiro atoms. The average molecular weight is 310 g/mol. The Morgan fingerprint density at radius 1 is 1.38 bits per heavy atom. The van der Waals surface area contributed by atoms with Gasteiger partial charge in [-0.05, 0) is 37.6 Å². The number of ether oxygens (including phenoxy) is 1. The molecule has 2 aromatic rings. The normalized spacial score (nSPS) is 12.1. The van der Waals surface area contributed by atoms with Crippen molar-refractivity contribution in [2.24, 2.45) is 0 Å². The van der Waals surface area contributed by atoms with Gasteiger partial charge in [0.25, 0.3) is 5.91 Å². The van der Waals surface area contributed by atoms with Crippen LogP contribution >= 0.6 is 11.6 Å². The lowest BCUT2D eigenvalue weighted by Crippen LogP contribution is -2.35. The van der Waals surface area contributed by atoms with E-state index in [0.717, 1.165) is 6.42 Å². The number of esters is 1. The molecule has 21 heavy (non-hydrogen) atoms. The van der Waals surface area contributed by atoms with Gasteiger partial charge in [0.1, 0.15) is 5.58 Å². The second kappa shape index (κ2) is 6.63. The SMILES string of the molecule is CC[C@@H](C)NC(=O)COC(=O)c1cc2cc(Cl)ccc2o1. The lowest BCUT2D eigenvalue weighted by Gasteiger charge is -2.10. The van der Waals surface area contributed by atoms with Crippen LogP contribution in [0.15, 0.2) is 28.7 Å². The van der Waals surface area contributed by atoms with Gasteiger partial charge in [-0.15, -0.1) is 0 Å². The monoisotopic (exact) mass is 309 g/mol. The van der Waals surface area contributed by atoms with E-state index in [-0.39, 0.29) is 24.3 Å². The van der Waals surface area contributed by atoms with Crippen LogP contribution in [0, 0.1) is 0 Å². The third-order valence-electron chi connectivity index (χ3n) is 3.03. The largest absolute Gasteiger partial charge is 0.450 e. The lowest BCUT2D eigenvalue weighted by atomic mass is 10.2. The van der Waals surface area contributed by atoms with Crippen molar-refractivity contribution in [1.82, 2.24) is 5.32 Å². The fourth-order valence-electron chi connectivity index (χ4n) is 1.74. The van der Waals surface area contributed by atoms with Gasteiger partial charge in [-0.3, -0.25) is 4.79 Å². The molecule has 2 rings (SSSR count). The number of carbonyl (C=O) groups excluding carboxylic acids is 2. The molecule has 0 aliphatic heterocycles. The van der Waals surface area contributed by atoms with Crippen LogP contribution in [0.4, 0.5) is 0 Å². The van der Waals surface area contributed by atoms with Gasteiger partial charge in [0.05, 0.1) is 0 Å². The topological polar surface area (TPSA) is 68.5 Å². The Balaban J connectivity index is 1.97. The van der Waals surface area contributed by atoms with E-state index in [1.165, 1.54) is 6.07 Å². The first-order valence-corrected chi connectivity index (χ1v) is 7.03. The lowest BCUT2D eigenvalue weighted by molar-refractivity contribution is -0.124. The molecule has 5 nitrogen and oxygen atoms in total. The quantitative estimate of drug-likeness (QED) is 0.861. The third kappa shape index (κ3) is 3.98. The van der Waals surface area contributed by atoms with E-state index in [0.29, 0.717) is 16.0 Å². The summed E-state index contributed by atoms with van der Waals surface area (Å²) in [5, 5.41) is 3.97. The van der Waals surface area contributed by atoms with Gasteiger partial charge in [-0.25, -0.2) is 4.79 Å². The molecule has 1 amide bonds. The molecular weight excluding hydrogens is 294 g/mol. The Kier molecular flexibility index (Phi) is 4.85. The highest BCUT2D eigenvalue weighted by Crippen LogP contribution is 2.23. The van der Waals surface area contributed by atoms with Crippen molar-refractivity contribution in [3.8, 4) is 0 Å². The van der Waals surface area contributed by atoms with Crippen molar-refractivity contribution in [3.63, 3.8) is 0 Å². The minimum absolute atomic E-state index is 0.0450. The average Bonchev–Trinajstić information content (AvgIpc) is 2.87. The first kappa shape index (κ1) is 15.4. The van der Waals surface area contributed by atoms with Crippen LogP contribution in [0.2, 0.25) is 5.02 Å². The standard InChI is InChI=1S/C15H16ClNO4/c1-3-9(2)17-14(18)8-20-15(19)13-7-10-6-11(16)4-5-12(10)21-13/h4-7,9H,3,8H2,1-2H3,(H,17,18)/t9-/m1/s1. The Hall–Kier alpha value is -2.01. The first-order valence-electron chi connectivity index (χ1n) is 6.65. The molecule has 0 fully saturated rings. The maximum absolute atomic E-state index is 11.8. The van der Waals surface area contributed by atoms with Gasteiger partial charge < -0.3 is 14.5 Å². The van der Waals surface area contributed by atoms with Crippen molar-refractivity contribution in [3.05, 3.63) is 35.0 Å². The van der Waals surface area contributed by atoms with Gasteiger partial charge in [-0.1, -0.05) is 18.5 Å². The molecule has 0 aliphatic carbocycles. The Bertz CT molecular complexity index is 665. The highest BCUT2D eigenvalue weighted by atomic mass is 35.5. The second-order valence-corrected chi connectivity index (χ2v) is 5.18.